The lowest BCUT2D eigenvalue weighted by atomic mass is 10.3. The molecule has 122 valence electrons. The lowest BCUT2D eigenvalue weighted by Gasteiger charge is -2.18. The van der Waals surface area contributed by atoms with Gasteiger partial charge in [0, 0.05) is 6.92 Å². The Bertz CT molecular complexity index is 662. The number of hydrogen-bond donors (Lipinski definition) is 0. The zero-order chi connectivity index (χ0) is 17.0. The molecule has 0 unspecified atom stereocenters. The van der Waals surface area contributed by atoms with Gasteiger partial charge in [-0.25, -0.2) is 18.6 Å². The van der Waals surface area contributed by atoms with E-state index in [0.717, 1.165) is 0 Å². The second-order valence-electron chi connectivity index (χ2n) is 4.58. The van der Waals surface area contributed by atoms with Gasteiger partial charge in [-0.05, 0) is 37.3 Å². The summed E-state index contributed by atoms with van der Waals surface area (Å²) in [6.07, 6.45) is 2.24. The van der Waals surface area contributed by atoms with Gasteiger partial charge in [-0.15, -0.1) is 10.2 Å². The van der Waals surface area contributed by atoms with Gasteiger partial charge in [-0.2, -0.15) is 0 Å². The third-order valence-corrected chi connectivity index (χ3v) is 6.97. The molecule has 1 heterocycles. The van der Waals surface area contributed by atoms with Gasteiger partial charge in [0.15, 0.2) is 9.79 Å². The Balaban J connectivity index is 0.000000338. The van der Waals surface area contributed by atoms with Crippen molar-refractivity contribution >= 4 is 22.7 Å². The van der Waals surface area contributed by atoms with Crippen LogP contribution in [0.2, 0.25) is 0 Å². The molecule has 0 amide bonds. The van der Waals surface area contributed by atoms with Crippen LogP contribution in [0.15, 0.2) is 79.1 Å². The van der Waals surface area contributed by atoms with Gasteiger partial charge in [-0.1, -0.05) is 36.0 Å². The first-order chi connectivity index (χ1) is 10.8. The maximum atomic E-state index is 8.49. The molecule has 1 aliphatic rings. The fraction of sp³-hybridized carbons (Fsp3) is 0.125. The lowest BCUT2D eigenvalue weighted by Crippen LogP contribution is -2.68. The third kappa shape index (κ3) is 4.99. The van der Waals surface area contributed by atoms with Crippen LogP contribution in [-0.2, 0) is 10.9 Å². The monoisotopic (exact) mass is 370 g/mol. The summed E-state index contributed by atoms with van der Waals surface area (Å²) in [7, 11) is -4.84. The van der Waals surface area contributed by atoms with Crippen LogP contribution in [0.1, 0.15) is 13.8 Å². The zero-order valence-corrected chi connectivity index (χ0v) is 14.9. The summed E-state index contributed by atoms with van der Waals surface area (Å²) in [6, 6.07) is 17.6. The highest BCUT2D eigenvalue weighted by atomic mass is 35.7. The standard InChI is InChI=1S/C16H15S2.ClHO4/c1-3-12(2)18-15-10-6-4-8-13(15)17-14-9-5-7-11-16(14)18;2-1(3,4)5/h3-11H,1-2H3;(H,2,3,4,5)/q+1;/p-1/b12-3-;. The predicted octanol–water partition coefficient (Wildman–Crippen LogP) is 0.355. The first kappa shape index (κ1) is 18.4. The van der Waals surface area contributed by atoms with Gasteiger partial charge in [0.1, 0.15) is 4.91 Å². The van der Waals surface area contributed by atoms with E-state index >= 15 is 0 Å². The number of halogens is 1. The molecule has 0 N–H and O–H groups in total. The summed E-state index contributed by atoms with van der Waals surface area (Å²) >= 11 is 1.89. The molecule has 0 saturated heterocycles. The van der Waals surface area contributed by atoms with Crippen LogP contribution in [-0.4, -0.2) is 0 Å². The summed E-state index contributed by atoms with van der Waals surface area (Å²) < 4.78 is 34.0. The molecule has 1 aliphatic heterocycles. The molecule has 0 saturated carbocycles. The van der Waals surface area contributed by atoms with Crippen molar-refractivity contribution < 1.29 is 28.9 Å². The average molecular weight is 371 g/mol. The largest absolute Gasteiger partial charge is 0.222 e. The maximum absolute atomic E-state index is 8.49. The molecule has 0 atom stereocenters. The van der Waals surface area contributed by atoms with Crippen molar-refractivity contribution in [1.29, 1.82) is 0 Å². The Kier molecular flexibility index (Phi) is 6.16. The minimum atomic E-state index is -4.94. The van der Waals surface area contributed by atoms with E-state index in [-0.39, 0.29) is 10.9 Å². The van der Waals surface area contributed by atoms with E-state index in [1.54, 1.807) is 0 Å². The number of allylic oxidation sites excluding steroid dienone is 2. The molecule has 2 aromatic carbocycles. The van der Waals surface area contributed by atoms with Crippen molar-refractivity contribution in [2.75, 3.05) is 0 Å². The minimum Gasteiger partial charge on any atom is -0.222 e. The molecule has 3 rings (SSSR count). The van der Waals surface area contributed by atoms with E-state index in [2.05, 4.69) is 68.5 Å². The van der Waals surface area contributed by atoms with Crippen molar-refractivity contribution in [1.82, 2.24) is 0 Å². The fourth-order valence-corrected chi connectivity index (χ4v) is 5.86. The smallest absolute Gasteiger partial charge is 0.180 e. The van der Waals surface area contributed by atoms with Gasteiger partial charge in [0.05, 0.1) is 20.7 Å². The quantitative estimate of drug-likeness (QED) is 0.675. The topological polar surface area (TPSA) is 92.2 Å². The molecular weight excluding hydrogens is 356 g/mol. The SMILES string of the molecule is C/C=C(/C)[S+]1c2ccccc2Sc2ccccc21.[O-][Cl+3]([O-])([O-])[O-]. The summed E-state index contributed by atoms with van der Waals surface area (Å²) in [5, 5.41) is 0. The van der Waals surface area contributed by atoms with Crippen molar-refractivity contribution in [3.8, 4) is 0 Å². The van der Waals surface area contributed by atoms with Gasteiger partial charge >= 0.3 is 0 Å². The van der Waals surface area contributed by atoms with Gasteiger partial charge < -0.3 is 0 Å². The van der Waals surface area contributed by atoms with Gasteiger partial charge in [0.2, 0.25) is 0 Å². The van der Waals surface area contributed by atoms with Crippen LogP contribution in [0.5, 0.6) is 0 Å². The van der Waals surface area contributed by atoms with Crippen molar-refractivity contribution in [2.24, 2.45) is 0 Å². The molecule has 0 aromatic heterocycles. The summed E-state index contributed by atoms with van der Waals surface area (Å²) in [5.74, 6) is 0. The highest BCUT2D eigenvalue weighted by molar-refractivity contribution is 8.05. The molecule has 0 fully saturated rings. The Morgan fingerprint density at radius 3 is 1.70 bits per heavy atom. The van der Waals surface area contributed by atoms with E-state index in [4.69, 9.17) is 18.6 Å². The van der Waals surface area contributed by atoms with Crippen LogP contribution in [0.4, 0.5) is 0 Å². The molecule has 2 aromatic rings. The summed E-state index contributed by atoms with van der Waals surface area (Å²) in [6.45, 7) is 4.38. The molecule has 7 heteroatoms. The number of hydrogen-bond acceptors (Lipinski definition) is 5. The Labute approximate surface area is 144 Å². The van der Waals surface area contributed by atoms with Gasteiger partial charge in [-0.3, -0.25) is 0 Å². The average Bonchev–Trinajstić information content (AvgIpc) is 2.50. The van der Waals surface area contributed by atoms with Crippen LogP contribution in [0.25, 0.3) is 0 Å². The number of fused-ring (bicyclic) bond motifs is 2. The van der Waals surface area contributed by atoms with Crippen LogP contribution < -0.4 is 18.6 Å². The summed E-state index contributed by atoms with van der Waals surface area (Å²) in [5.41, 5.74) is 0. The first-order valence-corrected chi connectivity index (χ1v) is 9.93. The van der Waals surface area contributed by atoms with E-state index in [1.165, 1.54) is 24.5 Å². The first-order valence-electron chi connectivity index (χ1n) is 6.66. The Morgan fingerprint density at radius 1 is 0.913 bits per heavy atom. The fourth-order valence-electron chi connectivity index (χ4n) is 2.11. The van der Waals surface area contributed by atoms with E-state index in [9.17, 15) is 0 Å². The molecule has 0 bridgehead atoms. The normalized spacial score (nSPS) is 14.4. The highest BCUT2D eigenvalue weighted by Crippen LogP contribution is 2.47. The Hall–Kier alpha value is -0.990. The maximum Gasteiger partial charge on any atom is 0.180 e. The minimum absolute atomic E-state index is 0.101. The lowest BCUT2D eigenvalue weighted by molar-refractivity contribution is -2.00. The number of rotatable bonds is 1. The molecular formula is C16H15ClO4S2. The summed E-state index contributed by atoms with van der Waals surface area (Å²) in [4.78, 5) is 7.20. The van der Waals surface area contributed by atoms with E-state index in [0.29, 0.717) is 0 Å². The predicted molar refractivity (Wildman–Crippen MR) is 80.3 cm³/mol. The Morgan fingerprint density at radius 2 is 1.30 bits per heavy atom. The van der Waals surface area contributed by atoms with Crippen LogP contribution in [0, 0.1) is 10.2 Å². The zero-order valence-electron chi connectivity index (χ0n) is 12.5. The molecule has 0 aliphatic carbocycles. The van der Waals surface area contributed by atoms with E-state index in [1.807, 2.05) is 11.8 Å². The number of benzene rings is 2. The second-order valence-corrected chi connectivity index (χ2v) is 8.55. The second kappa shape index (κ2) is 7.72. The van der Waals surface area contributed by atoms with Crippen molar-refractivity contribution in [3.63, 3.8) is 0 Å². The van der Waals surface area contributed by atoms with Crippen molar-refractivity contribution in [3.05, 3.63) is 59.5 Å². The van der Waals surface area contributed by atoms with E-state index < -0.39 is 10.2 Å². The van der Waals surface area contributed by atoms with Crippen LogP contribution in [0.3, 0.4) is 0 Å². The molecule has 0 radical (unpaired) electrons. The third-order valence-electron chi connectivity index (χ3n) is 3.09. The molecule has 23 heavy (non-hydrogen) atoms. The van der Waals surface area contributed by atoms with Gasteiger partial charge in [0.25, 0.3) is 0 Å². The van der Waals surface area contributed by atoms with Crippen molar-refractivity contribution in [2.45, 2.75) is 33.4 Å². The molecule has 0 spiro atoms. The molecule has 4 nitrogen and oxygen atoms in total. The highest BCUT2D eigenvalue weighted by Gasteiger charge is 2.36. The van der Waals surface area contributed by atoms with Crippen LogP contribution >= 0.6 is 11.8 Å².